The molecule has 2 aromatic heterocycles. The maximum absolute atomic E-state index is 5.80. The molecule has 2 heterocycles. The average Bonchev–Trinajstić information content (AvgIpc) is 2.88. The number of halogens is 1. The molecular formula is C14H11BrN2O. The number of nitrogens with zero attached hydrogens (tertiary/aromatic N) is 2. The van der Waals surface area contributed by atoms with E-state index in [2.05, 4.69) is 20.9 Å². The molecular weight excluding hydrogens is 292 g/mol. The van der Waals surface area contributed by atoms with Crippen molar-refractivity contribution in [2.75, 3.05) is 0 Å². The number of hydrogen-bond acceptors (Lipinski definition) is 2. The minimum Gasteiger partial charge on any atom is -0.486 e. The molecule has 0 radical (unpaired) electrons. The van der Waals surface area contributed by atoms with Gasteiger partial charge in [0.15, 0.2) is 5.75 Å². The van der Waals surface area contributed by atoms with Crippen molar-refractivity contribution in [3.05, 3.63) is 65.0 Å². The molecule has 90 valence electrons. The lowest BCUT2D eigenvalue weighted by atomic mass is 10.2. The van der Waals surface area contributed by atoms with Gasteiger partial charge in [0, 0.05) is 12.4 Å². The maximum Gasteiger partial charge on any atom is 0.151 e. The smallest absolute Gasteiger partial charge is 0.151 e. The second-order valence-corrected chi connectivity index (χ2v) is 4.67. The van der Waals surface area contributed by atoms with Crippen LogP contribution in [0.4, 0.5) is 0 Å². The second-order valence-electron chi connectivity index (χ2n) is 3.92. The van der Waals surface area contributed by atoms with Gasteiger partial charge in [-0.05, 0) is 33.6 Å². The van der Waals surface area contributed by atoms with Gasteiger partial charge in [-0.25, -0.2) is 4.98 Å². The molecule has 0 saturated carbocycles. The molecule has 0 unspecified atom stereocenters. The van der Waals surface area contributed by atoms with Crippen LogP contribution in [0.15, 0.2) is 59.5 Å². The van der Waals surface area contributed by atoms with Crippen LogP contribution in [-0.2, 0) is 6.61 Å². The molecule has 0 saturated heterocycles. The largest absolute Gasteiger partial charge is 0.486 e. The van der Waals surface area contributed by atoms with Crippen molar-refractivity contribution in [1.29, 1.82) is 0 Å². The first kappa shape index (κ1) is 11.3. The quantitative estimate of drug-likeness (QED) is 0.690. The molecule has 0 bridgehead atoms. The van der Waals surface area contributed by atoms with E-state index in [0.717, 1.165) is 21.6 Å². The zero-order valence-electron chi connectivity index (χ0n) is 9.58. The standard InChI is InChI=1S/C14H11BrN2O/c15-14-12(6-7-13-16-8-9-17(13)14)18-10-11-4-2-1-3-5-11/h1-9H,10H2. The lowest BCUT2D eigenvalue weighted by molar-refractivity contribution is 0.302. The summed E-state index contributed by atoms with van der Waals surface area (Å²) >= 11 is 3.53. The summed E-state index contributed by atoms with van der Waals surface area (Å²) in [6.07, 6.45) is 3.66. The summed E-state index contributed by atoms with van der Waals surface area (Å²) in [6, 6.07) is 14.0. The Morgan fingerprint density at radius 3 is 2.78 bits per heavy atom. The van der Waals surface area contributed by atoms with E-state index in [9.17, 15) is 0 Å². The first-order valence-corrected chi connectivity index (χ1v) is 6.42. The number of benzene rings is 1. The fraction of sp³-hybridized carbons (Fsp3) is 0.0714. The fourth-order valence-electron chi connectivity index (χ4n) is 1.78. The Labute approximate surface area is 113 Å². The van der Waals surface area contributed by atoms with Crippen molar-refractivity contribution in [3.63, 3.8) is 0 Å². The summed E-state index contributed by atoms with van der Waals surface area (Å²) in [4.78, 5) is 4.22. The van der Waals surface area contributed by atoms with Crippen molar-refractivity contribution in [3.8, 4) is 5.75 Å². The Hall–Kier alpha value is -1.81. The fourth-order valence-corrected chi connectivity index (χ4v) is 2.33. The molecule has 0 aliphatic carbocycles. The molecule has 0 atom stereocenters. The molecule has 0 fully saturated rings. The highest BCUT2D eigenvalue weighted by molar-refractivity contribution is 9.10. The van der Waals surface area contributed by atoms with Crippen LogP contribution in [0.5, 0.6) is 5.75 Å². The SMILES string of the molecule is Brc1c(OCc2ccccc2)ccc2nccn12. The molecule has 1 aromatic carbocycles. The zero-order chi connectivity index (χ0) is 12.4. The van der Waals surface area contributed by atoms with Crippen LogP contribution in [0.3, 0.4) is 0 Å². The molecule has 0 spiro atoms. The van der Waals surface area contributed by atoms with Crippen molar-refractivity contribution >= 4 is 21.6 Å². The Bertz CT molecular complexity index is 664. The molecule has 3 aromatic rings. The number of rotatable bonds is 3. The highest BCUT2D eigenvalue weighted by Crippen LogP contribution is 2.26. The van der Waals surface area contributed by atoms with Crippen LogP contribution < -0.4 is 4.74 Å². The Morgan fingerprint density at radius 2 is 1.94 bits per heavy atom. The van der Waals surface area contributed by atoms with Gasteiger partial charge in [0.1, 0.15) is 16.9 Å². The highest BCUT2D eigenvalue weighted by atomic mass is 79.9. The molecule has 3 nitrogen and oxygen atoms in total. The second kappa shape index (κ2) is 4.82. The number of aromatic nitrogens is 2. The van der Waals surface area contributed by atoms with Gasteiger partial charge in [0.05, 0.1) is 0 Å². The van der Waals surface area contributed by atoms with E-state index in [1.165, 1.54) is 0 Å². The van der Waals surface area contributed by atoms with Gasteiger partial charge < -0.3 is 4.74 Å². The predicted octanol–water partition coefficient (Wildman–Crippen LogP) is 3.68. The van der Waals surface area contributed by atoms with Crippen LogP contribution >= 0.6 is 15.9 Å². The highest BCUT2D eigenvalue weighted by Gasteiger charge is 2.06. The molecule has 18 heavy (non-hydrogen) atoms. The molecule has 4 heteroatoms. The number of pyridine rings is 1. The summed E-state index contributed by atoms with van der Waals surface area (Å²) in [5, 5.41) is 0. The van der Waals surface area contributed by atoms with Crippen LogP contribution in [0.1, 0.15) is 5.56 Å². The minimum absolute atomic E-state index is 0.555. The van der Waals surface area contributed by atoms with E-state index in [-0.39, 0.29) is 0 Å². The lowest BCUT2D eigenvalue weighted by Crippen LogP contribution is -1.98. The van der Waals surface area contributed by atoms with E-state index in [1.54, 1.807) is 6.20 Å². The summed E-state index contributed by atoms with van der Waals surface area (Å²) in [7, 11) is 0. The van der Waals surface area contributed by atoms with Crippen LogP contribution in [0.25, 0.3) is 5.65 Å². The van der Waals surface area contributed by atoms with Gasteiger partial charge in [-0.15, -0.1) is 0 Å². The number of hydrogen-bond donors (Lipinski definition) is 0. The maximum atomic E-state index is 5.80. The number of imidazole rings is 1. The van der Waals surface area contributed by atoms with Gasteiger partial charge in [-0.2, -0.15) is 0 Å². The lowest BCUT2D eigenvalue weighted by Gasteiger charge is -2.09. The van der Waals surface area contributed by atoms with E-state index in [1.807, 2.05) is 53.1 Å². The van der Waals surface area contributed by atoms with Crippen LogP contribution in [-0.4, -0.2) is 9.38 Å². The molecule has 0 aliphatic rings. The summed E-state index contributed by atoms with van der Waals surface area (Å²) in [5.74, 6) is 0.810. The van der Waals surface area contributed by atoms with Crippen LogP contribution in [0, 0.1) is 0 Å². The Kier molecular flexibility index (Phi) is 3.02. The molecule has 0 amide bonds. The summed E-state index contributed by atoms with van der Waals surface area (Å²) in [6.45, 7) is 0.555. The first-order chi connectivity index (χ1) is 8.84. The van der Waals surface area contributed by atoms with Gasteiger partial charge in [0.2, 0.25) is 0 Å². The van der Waals surface area contributed by atoms with Crippen molar-refractivity contribution < 1.29 is 4.74 Å². The van der Waals surface area contributed by atoms with Crippen molar-refractivity contribution in [2.45, 2.75) is 6.61 Å². The zero-order valence-corrected chi connectivity index (χ0v) is 11.2. The Morgan fingerprint density at radius 1 is 1.11 bits per heavy atom. The van der Waals surface area contributed by atoms with E-state index < -0.39 is 0 Å². The van der Waals surface area contributed by atoms with Gasteiger partial charge in [-0.3, -0.25) is 4.40 Å². The minimum atomic E-state index is 0.555. The van der Waals surface area contributed by atoms with E-state index in [0.29, 0.717) is 6.61 Å². The van der Waals surface area contributed by atoms with Gasteiger partial charge in [-0.1, -0.05) is 30.3 Å². The predicted molar refractivity (Wildman–Crippen MR) is 73.7 cm³/mol. The van der Waals surface area contributed by atoms with Crippen LogP contribution in [0.2, 0.25) is 0 Å². The third kappa shape index (κ3) is 2.11. The average molecular weight is 303 g/mol. The topological polar surface area (TPSA) is 26.5 Å². The molecule has 0 N–H and O–H groups in total. The summed E-state index contributed by atoms with van der Waals surface area (Å²) < 4.78 is 8.63. The molecule has 0 aliphatic heterocycles. The summed E-state index contributed by atoms with van der Waals surface area (Å²) in [5.41, 5.74) is 2.05. The van der Waals surface area contributed by atoms with Crippen molar-refractivity contribution in [1.82, 2.24) is 9.38 Å². The third-order valence-corrected chi connectivity index (χ3v) is 3.48. The van der Waals surface area contributed by atoms with E-state index in [4.69, 9.17) is 4.74 Å². The third-order valence-electron chi connectivity index (χ3n) is 2.71. The monoisotopic (exact) mass is 302 g/mol. The van der Waals surface area contributed by atoms with E-state index >= 15 is 0 Å². The number of ether oxygens (including phenoxy) is 1. The first-order valence-electron chi connectivity index (χ1n) is 5.63. The Balaban J connectivity index is 1.84. The number of fused-ring (bicyclic) bond motifs is 1. The van der Waals surface area contributed by atoms with Gasteiger partial charge in [0.25, 0.3) is 0 Å². The van der Waals surface area contributed by atoms with Gasteiger partial charge >= 0.3 is 0 Å². The normalized spacial score (nSPS) is 10.7. The molecule has 3 rings (SSSR count). The van der Waals surface area contributed by atoms with Crippen molar-refractivity contribution in [2.24, 2.45) is 0 Å².